The van der Waals surface area contributed by atoms with E-state index in [0.29, 0.717) is 6.04 Å². The predicted molar refractivity (Wildman–Crippen MR) is 65.4 cm³/mol. The van der Waals surface area contributed by atoms with Gasteiger partial charge in [0.2, 0.25) is 0 Å². The van der Waals surface area contributed by atoms with Gasteiger partial charge in [-0.3, -0.25) is 0 Å². The number of aromatic nitrogens is 1. The monoisotopic (exact) mass is 222 g/mol. The molecule has 0 amide bonds. The van der Waals surface area contributed by atoms with Crippen molar-refractivity contribution >= 4 is 11.8 Å². The SMILES string of the molecule is CSc1ccc2c(n1)C(N(C)C)CCC2. The predicted octanol–water partition coefficient (Wildman–Crippen LogP) is 2.74. The third-order valence-electron chi connectivity index (χ3n) is 3.06. The zero-order chi connectivity index (χ0) is 10.8. The van der Waals surface area contributed by atoms with E-state index in [4.69, 9.17) is 4.98 Å². The topological polar surface area (TPSA) is 16.1 Å². The Balaban J connectivity index is 2.39. The average molecular weight is 222 g/mol. The molecule has 1 unspecified atom stereocenters. The molecule has 0 spiro atoms. The minimum Gasteiger partial charge on any atom is -0.301 e. The highest BCUT2D eigenvalue weighted by Gasteiger charge is 2.23. The van der Waals surface area contributed by atoms with Crippen LogP contribution in [0.15, 0.2) is 17.2 Å². The first-order valence-corrected chi connectivity index (χ1v) is 6.65. The summed E-state index contributed by atoms with van der Waals surface area (Å²) in [5.41, 5.74) is 2.75. The van der Waals surface area contributed by atoms with Crippen LogP contribution in [0.4, 0.5) is 0 Å². The zero-order valence-electron chi connectivity index (χ0n) is 9.66. The van der Waals surface area contributed by atoms with Gasteiger partial charge in [-0.1, -0.05) is 6.07 Å². The molecule has 2 nitrogen and oxygen atoms in total. The Hall–Kier alpha value is -0.540. The number of nitrogens with zero attached hydrogens (tertiary/aromatic N) is 2. The van der Waals surface area contributed by atoms with Crippen LogP contribution in [0.2, 0.25) is 0 Å². The number of pyridine rings is 1. The van der Waals surface area contributed by atoms with E-state index in [1.807, 2.05) is 0 Å². The van der Waals surface area contributed by atoms with E-state index in [1.165, 1.54) is 30.5 Å². The van der Waals surface area contributed by atoms with E-state index < -0.39 is 0 Å². The third-order valence-corrected chi connectivity index (χ3v) is 3.70. The fraction of sp³-hybridized carbons (Fsp3) is 0.583. The van der Waals surface area contributed by atoms with Crippen LogP contribution in [-0.2, 0) is 6.42 Å². The first-order chi connectivity index (χ1) is 7.22. The Morgan fingerprint density at radius 1 is 1.40 bits per heavy atom. The highest BCUT2D eigenvalue weighted by molar-refractivity contribution is 7.98. The molecule has 0 radical (unpaired) electrons. The Bertz CT molecular complexity index is 349. The van der Waals surface area contributed by atoms with Crippen molar-refractivity contribution in [1.29, 1.82) is 0 Å². The van der Waals surface area contributed by atoms with Crippen molar-refractivity contribution in [3.8, 4) is 0 Å². The van der Waals surface area contributed by atoms with E-state index in [1.54, 1.807) is 11.8 Å². The molecule has 3 heteroatoms. The molecular formula is C12H18N2S. The van der Waals surface area contributed by atoms with Gasteiger partial charge in [-0.15, -0.1) is 11.8 Å². The molecule has 15 heavy (non-hydrogen) atoms. The molecule has 0 aromatic carbocycles. The molecule has 0 aliphatic heterocycles. The van der Waals surface area contributed by atoms with Gasteiger partial charge in [0.15, 0.2) is 0 Å². The molecule has 0 N–H and O–H groups in total. The van der Waals surface area contributed by atoms with Gasteiger partial charge in [0.25, 0.3) is 0 Å². The minimum atomic E-state index is 0.515. The minimum absolute atomic E-state index is 0.515. The van der Waals surface area contributed by atoms with Crippen LogP contribution >= 0.6 is 11.8 Å². The van der Waals surface area contributed by atoms with Crippen LogP contribution in [0.1, 0.15) is 30.1 Å². The number of fused-ring (bicyclic) bond motifs is 1. The lowest BCUT2D eigenvalue weighted by Crippen LogP contribution is -2.25. The van der Waals surface area contributed by atoms with Gasteiger partial charge in [-0.25, -0.2) is 4.98 Å². The molecule has 2 rings (SSSR count). The highest BCUT2D eigenvalue weighted by atomic mass is 32.2. The molecule has 1 aliphatic rings. The fourth-order valence-electron chi connectivity index (χ4n) is 2.22. The molecule has 1 atom stereocenters. The number of thioether (sulfide) groups is 1. The van der Waals surface area contributed by atoms with Crippen molar-refractivity contribution in [2.45, 2.75) is 30.3 Å². The summed E-state index contributed by atoms with van der Waals surface area (Å²) in [6.45, 7) is 0. The summed E-state index contributed by atoms with van der Waals surface area (Å²) in [4.78, 5) is 7.04. The first-order valence-electron chi connectivity index (χ1n) is 5.42. The molecule has 0 bridgehead atoms. The van der Waals surface area contributed by atoms with Crippen LogP contribution in [-0.4, -0.2) is 30.2 Å². The number of aryl methyl sites for hydroxylation is 1. The van der Waals surface area contributed by atoms with E-state index in [9.17, 15) is 0 Å². The zero-order valence-corrected chi connectivity index (χ0v) is 10.5. The number of rotatable bonds is 2. The van der Waals surface area contributed by atoms with E-state index >= 15 is 0 Å². The molecule has 0 saturated heterocycles. The van der Waals surface area contributed by atoms with Gasteiger partial charge < -0.3 is 4.90 Å². The Morgan fingerprint density at radius 2 is 2.20 bits per heavy atom. The molecule has 0 saturated carbocycles. The van der Waals surface area contributed by atoms with Gasteiger partial charge >= 0.3 is 0 Å². The summed E-state index contributed by atoms with van der Waals surface area (Å²) < 4.78 is 0. The maximum atomic E-state index is 4.76. The van der Waals surface area contributed by atoms with Crippen molar-refractivity contribution in [3.05, 3.63) is 23.4 Å². The second kappa shape index (κ2) is 4.54. The normalized spacial score (nSPS) is 20.4. The highest BCUT2D eigenvalue weighted by Crippen LogP contribution is 2.32. The summed E-state index contributed by atoms with van der Waals surface area (Å²) in [6.07, 6.45) is 5.81. The molecule has 1 aromatic rings. The fourth-order valence-corrected chi connectivity index (χ4v) is 2.62. The third kappa shape index (κ3) is 2.18. The van der Waals surface area contributed by atoms with Gasteiger partial charge in [-0.2, -0.15) is 0 Å². The Morgan fingerprint density at radius 3 is 2.87 bits per heavy atom. The largest absolute Gasteiger partial charge is 0.301 e. The number of hydrogen-bond acceptors (Lipinski definition) is 3. The van der Waals surface area contributed by atoms with E-state index in [2.05, 4.69) is 37.4 Å². The maximum absolute atomic E-state index is 4.76. The van der Waals surface area contributed by atoms with Crippen LogP contribution in [0.5, 0.6) is 0 Å². The average Bonchev–Trinajstić information content (AvgIpc) is 2.27. The van der Waals surface area contributed by atoms with E-state index in [-0.39, 0.29) is 0 Å². The lowest BCUT2D eigenvalue weighted by molar-refractivity contribution is 0.261. The molecule has 1 heterocycles. The lowest BCUT2D eigenvalue weighted by Gasteiger charge is -2.29. The summed E-state index contributed by atoms with van der Waals surface area (Å²) in [5, 5.41) is 1.14. The van der Waals surface area contributed by atoms with Crippen molar-refractivity contribution in [2.24, 2.45) is 0 Å². The molecule has 1 aromatic heterocycles. The van der Waals surface area contributed by atoms with Crippen molar-refractivity contribution in [2.75, 3.05) is 20.4 Å². The van der Waals surface area contributed by atoms with Crippen molar-refractivity contribution in [1.82, 2.24) is 9.88 Å². The summed E-state index contributed by atoms with van der Waals surface area (Å²) in [7, 11) is 4.29. The van der Waals surface area contributed by atoms with Gasteiger partial charge in [0.05, 0.1) is 16.8 Å². The van der Waals surface area contributed by atoms with Gasteiger partial charge in [-0.05, 0) is 51.2 Å². The van der Waals surface area contributed by atoms with Gasteiger partial charge in [0, 0.05) is 0 Å². The molecule has 0 fully saturated rings. The van der Waals surface area contributed by atoms with Gasteiger partial charge in [0.1, 0.15) is 0 Å². The smallest absolute Gasteiger partial charge is 0.0961 e. The van der Waals surface area contributed by atoms with Crippen LogP contribution in [0.3, 0.4) is 0 Å². The lowest BCUT2D eigenvalue weighted by atomic mass is 9.91. The molecular weight excluding hydrogens is 204 g/mol. The van der Waals surface area contributed by atoms with Crippen LogP contribution in [0, 0.1) is 0 Å². The molecule has 1 aliphatic carbocycles. The summed E-state index contributed by atoms with van der Waals surface area (Å²) in [6, 6.07) is 4.91. The quantitative estimate of drug-likeness (QED) is 0.716. The maximum Gasteiger partial charge on any atom is 0.0961 e. The summed E-state index contributed by atoms with van der Waals surface area (Å²) in [5.74, 6) is 0. The standard InChI is InChI=1S/C12H18N2S/c1-14(2)10-6-4-5-9-7-8-11(15-3)13-12(9)10/h7-8,10H,4-6H2,1-3H3. The summed E-state index contributed by atoms with van der Waals surface area (Å²) >= 11 is 1.73. The second-order valence-corrected chi connectivity index (χ2v) is 5.10. The van der Waals surface area contributed by atoms with Crippen molar-refractivity contribution in [3.63, 3.8) is 0 Å². The Labute approximate surface area is 96.1 Å². The van der Waals surface area contributed by atoms with E-state index in [0.717, 1.165) is 5.03 Å². The van der Waals surface area contributed by atoms with Crippen LogP contribution < -0.4 is 0 Å². The molecule has 82 valence electrons. The Kier molecular flexibility index (Phi) is 3.32. The number of hydrogen-bond donors (Lipinski definition) is 0. The van der Waals surface area contributed by atoms with Crippen LogP contribution in [0.25, 0.3) is 0 Å². The van der Waals surface area contributed by atoms with Crippen molar-refractivity contribution < 1.29 is 0 Å². The first kappa shape index (κ1) is 11.0. The second-order valence-electron chi connectivity index (χ2n) is 4.27.